The maximum Gasteiger partial charge on any atom is 0.220 e. The molecule has 3 N–H and O–H groups in total. The summed E-state index contributed by atoms with van der Waals surface area (Å²) >= 11 is 0. The van der Waals surface area contributed by atoms with Gasteiger partial charge in [-0.1, -0.05) is 12.1 Å². The van der Waals surface area contributed by atoms with Crippen LogP contribution in [0.1, 0.15) is 37.7 Å². The van der Waals surface area contributed by atoms with Crippen LogP contribution in [0.2, 0.25) is 0 Å². The first-order valence-electron chi connectivity index (χ1n) is 6.43. The van der Waals surface area contributed by atoms with Gasteiger partial charge in [0.1, 0.15) is 5.82 Å². The lowest BCUT2D eigenvalue weighted by Gasteiger charge is -2.43. The normalized spacial score (nSPS) is 17.0. The smallest absolute Gasteiger partial charge is 0.220 e. The largest absolute Gasteiger partial charge is 0.347 e. The Morgan fingerprint density at radius 1 is 1.33 bits per heavy atom. The van der Waals surface area contributed by atoms with Gasteiger partial charge in [0.15, 0.2) is 0 Å². The maximum atomic E-state index is 12.9. The van der Waals surface area contributed by atoms with E-state index in [1.54, 1.807) is 12.1 Å². The molecule has 1 aliphatic rings. The molecule has 0 aliphatic heterocycles. The first-order chi connectivity index (χ1) is 8.66. The van der Waals surface area contributed by atoms with E-state index < -0.39 is 0 Å². The fraction of sp³-hybridized carbons (Fsp3) is 0.500. The van der Waals surface area contributed by atoms with E-state index in [2.05, 4.69) is 5.32 Å². The Bertz CT molecular complexity index is 412. The van der Waals surface area contributed by atoms with Crippen LogP contribution >= 0.6 is 0 Å². The topological polar surface area (TPSA) is 55.1 Å². The van der Waals surface area contributed by atoms with Crippen LogP contribution in [0.25, 0.3) is 0 Å². The third-order valence-corrected chi connectivity index (χ3v) is 3.59. The van der Waals surface area contributed by atoms with Crippen molar-refractivity contribution in [2.45, 2.75) is 37.6 Å². The zero-order chi connectivity index (χ0) is 13.0. The molecule has 0 radical (unpaired) electrons. The highest BCUT2D eigenvalue weighted by atomic mass is 19.1. The second kappa shape index (κ2) is 5.48. The minimum atomic E-state index is -0.278. The van der Waals surface area contributed by atoms with E-state index in [9.17, 15) is 9.18 Å². The van der Waals surface area contributed by atoms with Crippen LogP contribution in [-0.2, 0) is 10.3 Å². The summed E-state index contributed by atoms with van der Waals surface area (Å²) in [6, 6.07) is 6.41. The van der Waals surface area contributed by atoms with E-state index in [1.165, 1.54) is 12.1 Å². The van der Waals surface area contributed by atoms with Gasteiger partial charge < -0.3 is 11.1 Å². The number of halogens is 1. The van der Waals surface area contributed by atoms with Crippen molar-refractivity contribution in [2.24, 2.45) is 5.73 Å². The molecule has 1 saturated carbocycles. The zero-order valence-corrected chi connectivity index (χ0v) is 10.4. The average Bonchev–Trinajstić information content (AvgIpc) is 2.32. The van der Waals surface area contributed by atoms with Crippen LogP contribution in [0.3, 0.4) is 0 Å². The van der Waals surface area contributed by atoms with Gasteiger partial charge in [0.05, 0.1) is 5.54 Å². The lowest BCUT2D eigenvalue weighted by Crippen LogP contribution is -2.50. The van der Waals surface area contributed by atoms with Gasteiger partial charge in [0.2, 0.25) is 5.91 Å². The molecule has 1 amide bonds. The van der Waals surface area contributed by atoms with Gasteiger partial charge in [-0.15, -0.1) is 0 Å². The van der Waals surface area contributed by atoms with Gasteiger partial charge in [-0.05, 0) is 49.9 Å². The van der Waals surface area contributed by atoms with Crippen molar-refractivity contribution in [2.75, 3.05) is 6.54 Å². The summed E-state index contributed by atoms with van der Waals surface area (Å²) in [5, 5.41) is 3.08. The van der Waals surface area contributed by atoms with Crippen molar-refractivity contribution in [3.63, 3.8) is 0 Å². The molecule has 0 saturated heterocycles. The molecular weight excluding hydrogens is 231 g/mol. The van der Waals surface area contributed by atoms with Gasteiger partial charge in [0, 0.05) is 6.42 Å². The average molecular weight is 250 g/mol. The standard InChI is InChI=1S/C14H19FN2O/c15-12-6-4-11(5-7-12)14(8-2-9-14)17-13(18)3-1-10-16/h4-7H,1-3,8-10,16H2,(H,17,18). The molecule has 3 nitrogen and oxygen atoms in total. The SMILES string of the molecule is NCCCC(=O)NC1(c2ccc(F)cc2)CCC1. The number of benzene rings is 1. The van der Waals surface area contributed by atoms with Crippen LogP contribution in [0.15, 0.2) is 24.3 Å². The molecule has 1 aromatic carbocycles. The minimum Gasteiger partial charge on any atom is -0.347 e. The fourth-order valence-electron chi connectivity index (χ4n) is 2.38. The Hall–Kier alpha value is -1.42. The number of amides is 1. The van der Waals surface area contributed by atoms with E-state index in [0.717, 1.165) is 24.8 Å². The molecule has 0 bridgehead atoms. The van der Waals surface area contributed by atoms with Crippen LogP contribution in [0.4, 0.5) is 4.39 Å². The molecule has 0 spiro atoms. The second-order valence-electron chi connectivity index (χ2n) is 4.88. The molecule has 0 atom stereocenters. The van der Waals surface area contributed by atoms with E-state index in [0.29, 0.717) is 19.4 Å². The Morgan fingerprint density at radius 2 is 2.00 bits per heavy atom. The summed E-state index contributed by atoms with van der Waals surface area (Å²) in [6.45, 7) is 0.525. The molecule has 0 heterocycles. The van der Waals surface area contributed by atoms with Gasteiger partial charge in [0.25, 0.3) is 0 Å². The maximum absolute atomic E-state index is 12.9. The van der Waals surface area contributed by atoms with Crippen molar-refractivity contribution in [1.82, 2.24) is 5.32 Å². The van der Waals surface area contributed by atoms with E-state index in [4.69, 9.17) is 5.73 Å². The molecule has 1 fully saturated rings. The summed E-state index contributed by atoms with van der Waals surface area (Å²) in [6.07, 6.45) is 4.10. The van der Waals surface area contributed by atoms with Crippen LogP contribution < -0.4 is 11.1 Å². The highest BCUT2D eigenvalue weighted by molar-refractivity contribution is 5.77. The minimum absolute atomic E-state index is 0.0319. The predicted molar refractivity (Wildman–Crippen MR) is 68.4 cm³/mol. The highest BCUT2D eigenvalue weighted by Gasteiger charge is 2.39. The van der Waals surface area contributed by atoms with Crippen LogP contribution in [0, 0.1) is 5.82 Å². The van der Waals surface area contributed by atoms with Gasteiger partial charge in [-0.3, -0.25) is 4.79 Å². The molecule has 1 aliphatic carbocycles. The molecule has 4 heteroatoms. The second-order valence-corrected chi connectivity index (χ2v) is 4.88. The number of nitrogens with one attached hydrogen (secondary N) is 1. The summed E-state index contributed by atoms with van der Waals surface area (Å²) in [5.41, 5.74) is 6.11. The van der Waals surface area contributed by atoms with E-state index in [1.807, 2.05) is 0 Å². The van der Waals surface area contributed by atoms with Crippen molar-refractivity contribution in [1.29, 1.82) is 0 Å². The third kappa shape index (κ3) is 2.70. The summed E-state index contributed by atoms with van der Waals surface area (Å²) < 4.78 is 12.9. The molecular formula is C14H19FN2O. The first-order valence-corrected chi connectivity index (χ1v) is 6.43. The predicted octanol–water partition coefficient (Wildman–Crippen LogP) is 2.06. The molecule has 1 aromatic rings. The van der Waals surface area contributed by atoms with Crippen molar-refractivity contribution in [3.05, 3.63) is 35.6 Å². The third-order valence-electron chi connectivity index (χ3n) is 3.59. The molecule has 0 aromatic heterocycles. The molecule has 0 unspecified atom stereocenters. The first kappa shape index (κ1) is 13.0. The van der Waals surface area contributed by atoms with E-state index >= 15 is 0 Å². The van der Waals surface area contributed by atoms with E-state index in [-0.39, 0.29) is 17.3 Å². The monoisotopic (exact) mass is 250 g/mol. The number of carbonyl (C=O) groups is 1. The van der Waals surface area contributed by atoms with Gasteiger partial charge in [-0.2, -0.15) is 0 Å². The summed E-state index contributed by atoms with van der Waals surface area (Å²) in [7, 11) is 0. The molecule has 2 rings (SSSR count). The molecule has 18 heavy (non-hydrogen) atoms. The Morgan fingerprint density at radius 3 is 2.50 bits per heavy atom. The number of carbonyl (C=O) groups excluding carboxylic acids is 1. The Balaban J connectivity index is 2.06. The molecule has 98 valence electrons. The highest BCUT2D eigenvalue weighted by Crippen LogP contribution is 2.41. The van der Waals surface area contributed by atoms with Crippen molar-refractivity contribution in [3.8, 4) is 0 Å². The number of hydrogen-bond donors (Lipinski definition) is 2. The van der Waals surface area contributed by atoms with Gasteiger partial charge in [-0.25, -0.2) is 4.39 Å². The number of nitrogens with two attached hydrogens (primary N) is 1. The lowest BCUT2D eigenvalue weighted by atomic mass is 9.71. The fourth-order valence-corrected chi connectivity index (χ4v) is 2.38. The summed E-state index contributed by atoms with van der Waals surface area (Å²) in [4.78, 5) is 11.8. The summed E-state index contributed by atoms with van der Waals surface area (Å²) in [5.74, 6) is -0.216. The van der Waals surface area contributed by atoms with Crippen LogP contribution in [-0.4, -0.2) is 12.5 Å². The number of hydrogen-bond acceptors (Lipinski definition) is 2. The zero-order valence-electron chi connectivity index (χ0n) is 10.4. The van der Waals surface area contributed by atoms with Crippen LogP contribution in [0.5, 0.6) is 0 Å². The quantitative estimate of drug-likeness (QED) is 0.840. The Labute approximate surface area is 107 Å². The lowest BCUT2D eigenvalue weighted by molar-refractivity contribution is -0.124. The van der Waals surface area contributed by atoms with Crippen molar-refractivity contribution < 1.29 is 9.18 Å². The number of rotatable bonds is 5. The van der Waals surface area contributed by atoms with Gasteiger partial charge >= 0.3 is 0 Å². The Kier molecular flexibility index (Phi) is 3.97. The van der Waals surface area contributed by atoms with Crippen molar-refractivity contribution >= 4 is 5.91 Å².